The number of ether oxygens (including phenoxy) is 2. The lowest BCUT2D eigenvalue weighted by molar-refractivity contribution is -0.158. The maximum Gasteiger partial charge on any atom is 0.313 e. The first kappa shape index (κ1) is 31.7. The van der Waals surface area contributed by atoms with Gasteiger partial charge in [-0.25, -0.2) is 0 Å². The van der Waals surface area contributed by atoms with Crippen LogP contribution in [0.1, 0.15) is 97.3 Å². The molecule has 0 unspecified atom stereocenters. The van der Waals surface area contributed by atoms with Crippen LogP contribution in [0.3, 0.4) is 0 Å². The summed E-state index contributed by atoms with van der Waals surface area (Å²) in [6.45, 7) is 7.90. The number of esters is 2. The number of aliphatic hydroxyl groups excluding tert-OH is 2. The van der Waals surface area contributed by atoms with Crippen LogP contribution in [0.4, 0.5) is 0 Å². The molecule has 0 aliphatic rings. The van der Waals surface area contributed by atoms with E-state index in [1.165, 1.54) is 26.2 Å². The second-order valence-corrected chi connectivity index (χ2v) is 7.57. The lowest BCUT2D eigenvalue weighted by atomic mass is 10.1. The Labute approximate surface area is 189 Å². The predicted octanol–water partition coefficient (Wildman–Crippen LogP) is 5.27. The zero-order valence-electron chi connectivity index (χ0n) is 19.9. The topological polar surface area (TPSA) is 93.1 Å². The summed E-state index contributed by atoms with van der Waals surface area (Å²) in [5, 5.41) is 18.0. The zero-order chi connectivity index (χ0) is 23.6. The zero-order valence-corrected chi connectivity index (χ0v) is 19.9. The molecule has 0 spiro atoms. The minimum Gasteiger partial charge on any atom is -0.394 e. The van der Waals surface area contributed by atoms with Crippen LogP contribution in [0.25, 0.3) is 0 Å². The third-order valence-corrected chi connectivity index (χ3v) is 4.45. The molecule has 0 aromatic rings. The van der Waals surface area contributed by atoms with Gasteiger partial charge in [0.05, 0.1) is 25.9 Å². The average molecular weight is 443 g/mol. The van der Waals surface area contributed by atoms with Gasteiger partial charge in [-0.1, -0.05) is 70.1 Å². The molecule has 0 saturated heterocycles. The quantitative estimate of drug-likeness (QED) is 0.123. The first-order valence-electron chi connectivity index (χ1n) is 11.8. The van der Waals surface area contributed by atoms with Crippen molar-refractivity contribution in [2.75, 3.05) is 19.8 Å². The average Bonchev–Trinajstić information content (AvgIpc) is 2.73. The summed E-state index contributed by atoms with van der Waals surface area (Å²) < 4.78 is 9.23. The molecule has 6 heteroatoms. The van der Waals surface area contributed by atoms with E-state index in [4.69, 9.17) is 9.84 Å². The Morgan fingerprint density at radius 2 is 1.68 bits per heavy atom. The summed E-state index contributed by atoms with van der Waals surface area (Å²) in [6, 6.07) is 0. The van der Waals surface area contributed by atoms with Gasteiger partial charge in [-0.3, -0.25) is 9.59 Å². The molecule has 2 N–H and O–H groups in total. The van der Waals surface area contributed by atoms with Gasteiger partial charge in [0.25, 0.3) is 0 Å². The first-order chi connectivity index (χ1) is 15.0. The summed E-state index contributed by atoms with van der Waals surface area (Å²) in [4.78, 5) is 21.7. The Morgan fingerprint density at radius 3 is 2.32 bits per heavy atom. The molecule has 1 atom stereocenters. The van der Waals surface area contributed by atoms with E-state index in [2.05, 4.69) is 30.4 Å². The summed E-state index contributed by atoms with van der Waals surface area (Å²) in [7, 11) is 0. The molecular weight excluding hydrogens is 396 g/mol. The van der Waals surface area contributed by atoms with Crippen LogP contribution >= 0.6 is 0 Å². The maximum atomic E-state index is 11.1. The van der Waals surface area contributed by atoms with Gasteiger partial charge in [-0.15, -0.1) is 6.58 Å². The summed E-state index contributed by atoms with van der Waals surface area (Å²) in [5.74, 6) is -0.948. The third-order valence-electron chi connectivity index (χ3n) is 4.45. The Kier molecular flexibility index (Phi) is 27.1. The second-order valence-electron chi connectivity index (χ2n) is 7.57. The van der Waals surface area contributed by atoms with Crippen molar-refractivity contribution < 1.29 is 29.3 Å². The number of hydrogen-bond acceptors (Lipinski definition) is 6. The minimum absolute atomic E-state index is 0.0911. The Morgan fingerprint density at radius 1 is 1.00 bits per heavy atom. The summed E-state index contributed by atoms with van der Waals surface area (Å²) >= 11 is 0. The van der Waals surface area contributed by atoms with Crippen LogP contribution in [0.5, 0.6) is 0 Å². The van der Waals surface area contributed by atoms with Crippen molar-refractivity contribution in [2.45, 2.75) is 103 Å². The van der Waals surface area contributed by atoms with Crippen LogP contribution in [-0.2, 0) is 19.1 Å². The molecule has 0 saturated carbocycles. The van der Waals surface area contributed by atoms with Gasteiger partial charge in [0, 0.05) is 13.3 Å². The highest BCUT2D eigenvalue weighted by molar-refractivity contribution is 5.83. The van der Waals surface area contributed by atoms with Gasteiger partial charge in [0.15, 0.2) is 0 Å². The standard InChI is InChI=1S/C20H36O4.C5H10O2/c1-3-4-5-12-15-19(22)16-13-10-8-6-7-9-11-14-17-20(23)24-18(2)21;1-2-4-7-5-3-6/h10,13,19,22H,3-9,11-12,14-17H2,1-2H3;2,6H,1,3-5H2/b13-10-;/t19-;/m1./s1. The van der Waals surface area contributed by atoms with Gasteiger partial charge in [0.2, 0.25) is 0 Å². The number of carbonyl (C=O) groups is 2. The Bertz CT molecular complexity index is 447. The molecule has 0 rings (SSSR count). The van der Waals surface area contributed by atoms with Gasteiger partial charge in [-0.2, -0.15) is 0 Å². The fourth-order valence-corrected chi connectivity index (χ4v) is 2.80. The monoisotopic (exact) mass is 442 g/mol. The maximum absolute atomic E-state index is 11.1. The highest BCUT2D eigenvalue weighted by Gasteiger charge is 2.05. The van der Waals surface area contributed by atoms with Crippen LogP contribution in [0.2, 0.25) is 0 Å². The van der Waals surface area contributed by atoms with E-state index in [0.717, 1.165) is 57.8 Å². The Hall–Kier alpha value is -1.50. The largest absolute Gasteiger partial charge is 0.394 e. The molecule has 0 aromatic heterocycles. The van der Waals surface area contributed by atoms with E-state index in [9.17, 15) is 14.7 Å². The van der Waals surface area contributed by atoms with E-state index in [1.54, 1.807) is 6.08 Å². The number of allylic oxidation sites excluding steroid dienone is 1. The number of hydrogen-bond donors (Lipinski definition) is 2. The Balaban J connectivity index is 0. The molecule has 0 heterocycles. The minimum atomic E-state index is -0.530. The molecule has 31 heavy (non-hydrogen) atoms. The van der Waals surface area contributed by atoms with Crippen molar-refractivity contribution in [1.82, 2.24) is 0 Å². The van der Waals surface area contributed by atoms with Crippen LogP contribution in [-0.4, -0.2) is 48.1 Å². The van der Waals surface area contributed by atoms with Gasteiger partial charge in [0.1, 0.15) is 0 Å². The SMILES string of the molecule is C=CCOCCO.CCCCCC[C@@H](O)C/C=C\CCCCCCCC(=O)OC(C)=O. The normalized spacial score (nSPS) is 11.6. The van der Waals surface area contributed by atoms with Crippen LogP contribution in [0, 0.1) is 0 Å². The second kappa shape index (κ2) is 26.5. The molecule has 0 fully saturated rings. The van der Waals surface area contributed by atoms with Crippen molar-refractivity contribution in [3.63, 3.8) is 0 Å². The summed E-state index contributed by atoms with van der Waals surface area (Å²) in [6.07, 6.45) is 18.8. The smallest absolute Gasteiger partial charge is 0.313 e. The molecular formula is C25H46O6. The highest BCUT2D eigenvalue weighted by atomic mass is 16.6. The van der Waals surface area contributed by atoms with E-state index in [1.807, 2.05) is 0 Å². The fourth-order valence-electron chi connectivity index (χ4n) is 2.80. The predicted molar refractivity (Wildman–Crippen MR) is 126 cm³/mol. The molecule has 0 aliphatic heterocycles. The lowest BCUT2D eigenvalue weighted by Gasteiger charge is -2.07. The molecule has 0 amide bonds. The number of aliphatic hydroxyl groups is 2. The molecule has 6 nitrogen and oxygen atoms in total. The van der Waals surface area contributed by atoms with Crippen molar-refractivity contribution in [2.24, 2.45) is 0 Å². The van der Waals surface area contributed by atoms with Crippen molar-refractivity contribution in [3.05, 3.63) is 24.8 Å². The van der Waals surface area contributed by atoms with Crippen molar-refractivity contribution in [3.8, 4) is 0 Å². The van der Waals surface area contributed by atoms with E-state index < -0.39 is 11.9 Å². The van der Waals surface area contributed by atoms with Gasteiger partial charge >= 0.3 is 11.9 Å². The highest BCUT2D eigenvalue weighted by Crippen LogP contribution is 2.10. The van der Waals surface area contributed by atoms with Crippen molar-refractivity contribution in [1.29, 1.82) is 0 Å². The van der Waals surface area contributed by atoms with Crippen LogP contribution in [0.15, 0.2) is 24.8 Å². The van der Waals surface area contributed by atoms with E-state index in [0.29, 0.717) is 19.6 Å². The van der Waals surface area contributed by atoms with Crippen LogP contribution < -0.4 is 0 Å². The van der Waals surface area contributed by atoms with Crippen molar-refractivity contribution >= 4 is 11.9 Å². The molecule has 0 bridgehead atoms. The van der Waals surface area contributed by atoms with E-state index in [-0.39, 0.29) is 12.7 Å². The molecule has 0 aromatic carbocycles. The van der Waals surface area contributed by atoms with Gasteiger partial charge < -0.3 is 19.7 Å². The third kappa shape index (κ3) is 30.8. The number of unbranched alkanes of at least 4 members (excludes halogenated alkanes) is 8. The number of carbonyl (C=O) groups excluding carboxylic acids is 2. The molecule has 182 valence electrons. The first-order valence-corrected chi connectivity index (χ1v) is 11.8. The molecule has 0 aliphatic carbocycles. The molecule has 0 radical (unpaired) electrons. The lowest BCUT2D eigenvalue weighted by Crippen LogP contribution is -2.08. The van der Waals surface area contributed by atoms with Gasteiger partial charge in [-0.05, 0) is 32.1 Å². The summed E-state index contributed by atoms with van der Waals surface area (Å²) in [5.41, 5.74) is 0. The van der Waals surface area contributed by atoms with E-state index >= 15 is 0 Å². The number of rotatable bonds is 19. The fraction of sp³-hybridized carbons (Fsp3) is 0.760.